The molecule has 0 fully saturated rings. The quantitative estimate of drug-likeness (QED) is 0.235. The monoisotopic (exact) mass is 420 g/mol. The zero-order valence-electron chi connectivity index (χ0n) is 18.1. The van der Waals surface area contributed by atoms with Crippen LogP contribution in [0.4, 0.5) is 11.5 Å². The van der Waals surface area contributed by atoms with Gasteiger partial charge in [0.25, 0.3) is 0 Å². The average Bonchev–Trinajstić information content (AvgIpc) is 3.08. The van der Waals surface area contributed by atoms with E-state index in [4.69, 9.17) is 10.2 Å². The molecule has 3 rings (SSSR count). The number of carbonyl (C=O) groups is 2. The minimum absolute atomic E-state index is 0.145. The third-order valence-corrected chi connectivity index (χ3v) is 5.25. The van der Waals surface area contributed by atoms with Gasteiger partial charge in [-0.2, -0.15) is 0 Å². The molecule has 0 bridgehead atoms. The normalized spacial score (nSPS) is 11.2. The number of pyridine rings is 1. The lowest BCUT2D eigenvalue weighted by Crippen LogP contribution is -2.24. The number of likely N-dealkylation sites (N-methyl/N-ethyl adjacent to an activating group) is 1. The molecule has 31 heavy (non-hydrogen) atoms. The SMILES string of the molecule is CNc1ncc(/C=C/C(=O)N(C)Cc2oc3cccc(N)c3c2C)cc1CCCC=O. The Hall–Kier alpha value is -3.61. The Bertz CT molecular complexity index is 1120. The molecule has 2 heterocycles. The summed E-state index contributed by atoms with van der Waals surface area (Å²) in [4.78, 5) is 29.2. The predicted molar refractivity (Wildman–Crippen MR) is 124 cm³/mol. The van der Waals surface area contributed by atoms with Crippen molar-refractivity contribution in [2.45, 2.75) is 32.7 Å². The molecule has 0 aliphatic carbocycles. The molecule has 0 radical (unpaired) electrons. The molecule has 7 nitrogen and oxygen atoms in total. The van der Waals surface area contributed by atoms with E-state index in [9.17, 15) is 9.59 Å². The summed E-state index contributed by atoms with van der Waals surface area (Å²) < 4.78 is 5.91. The Morgan fingerprint density at radius 2 is 2.16 bits per heavy atom. The highest BCUT2D eigenvalue weighted by molar-refractivity contribution is 5.94. The minimum Gasteiger partial charge on any atom is -0.459 e. The van der Waals surface area contributed by atoms with Crippen molar-refractivity contribution in [2.24, 2.45) is 0 Å². The van der Waals surface area contributed by atoms with Gasteiger partial charge < -0.3 is 25.2 Å². The summed E-state index contributed by atoms with van der Waals surface area (Å²) in [5, 5.41) is 3.96. The lowest BCUT2D eigenvalue weighted by Gasteiger charge is -2.14. The molecule has 0 unspecified atom stereocenters. The van der Waals surface area contributed by atoms with Gasteiger partial charge in [0.05, 0.1) is 6.54 Å². The number of nitrogens with one attached hydrogen (secondary N) is 1. The Morgan fingerprint density at radius 1 is 1.35 bits per heavy atom. The number of nitrogens with zero attached hydrogens (tertiary/aromatic N) is 2. The largest absolute Gasteiger partial charge is 0.459 e. The van der Waals surface area contributed by atoms with Gasteiger partial charge in [0.2, 0.25) is 5.91 Å². The molecule has 0 aliphatic heterocycles. The van der Waals surface area contributed by atoms with Crippen molar-refractivity contribution in [3.05, 3.63) is 59.0 Å². The molecular formula is C24H28N4O3. The number of aryl methyl sites for hydroxylation is 2. The molecule has 2 aromatic heterocycles. The van der Waals surface area contributed by atoms with Gasteiger partial charge in [0, 0.05) is 49.4 Å². The third kappa shape index (κ3) is 5.12. The molecule has 0 atom stereocenters. The van der Waals surface area contributed by atoms with Crippen LogP contribution in [-0.4, -0.2) is 36.2 Å². The van der Waals surface area contributed by atoms with Gasteiger partial charge in [-0.25, -0.2) is 4.98 Å². The van der Waals surface area contributed by atoms with E-state index >= 15 is 0 Å². The van der Waals surface area contributed by atoms with Crippen molar-refractivity contribution in [3.8, 4) is 0 Å². The van der Waals surface area contributed by atoms with Crippen LogP contribution in [0.3, 0.4) is 0 Å². The van der Waals surface area contributed by atoms with Gasteiger partial charge in [-0.3, -0.25) is 4.79 Å². The number of carbonyl (C=O) groups excluding carboxylic acids is 2. The van der Waals surface area contributed by atoms with Gasteiger partial charge >= 0.3 is 0 Å². The van der Waals surface area contributed by atoms with Gasteiger partial charge in [-0.15, -0.1) is 0 Å². The van der Waals surface area contributed by atoms with Crippen LogP contribution in [-0.2, 0) is 22.6 Å². The lowest BCUT2D eigenvalue weighted by atomic mass is 10.1. The second-order valence-corrected chi connectivity index (χ2v) is 7.48. The van der Waals surface area contributed by atoms with Crippen LogP contribution in [0, 0.1) is 6.92 Å². The first-order valence-electron chi connectivity index (χ1n) is 10.2. The number of benzene rings is 1. The molecule has 0 saturated heterocycles. The highest BCUT2D eigenvalue weighted by Gasteiger charge is 2.16. The minimum atomic E-state index is -0.145. The van der Waals surface area contributed by atoms with Crippen LogP contribution in [0.5, 0.6) is 0 Å². The van der Waals surface area contributed by atoms with Crippen LogP contribution in [0.15, 0.2) is 41.0 Å². The second-order valence-electron chi connectivity index (χ2n) is 7.48. The fourth-order valence-electron chi connectivity index (χ4n) is 3.53. The smallest absolute Gasteiger partial charge is 0.246 e. The van der Waals surface area contributed by atoms with Crippen molar-refractivity contribution in [2.75, 3.05) is 25.1 Å². The van der Waals surface area contributed by atoms with Crippen LogP contribution in [0.1, 0.15) is 35.3 Å². The number of nitrogen functional groups attached to an aromatic ring is 1. The van der Waals surface area contributed by atoms with E-state index in [1.54, 1.807) is 24.2 Å². The summed E-state index contributed by atoms with van der Waals surface area (Å²) in [6.07, 6.45) is 7.92. The standard InChI is InChI=1S/C24H28N4O3/c1-16-21(31-20-9-6-8-19(25)23(16)20)15-28(3)22(30)11-10-17-13-18(7-4-5-12-29)24(26-2)27-14-17/h6,8-14H,4-5,7,15,25H2,1-3H3,(H,26,27)/b11-10+. The van der Waals surface area contributed by atoms with Crippen LogP contribution in [0.2, 0.25) is 0 Å². The zero-order chi connectivity index (χ0) is 22.4. The van der Waals surface area contributed by atoms with Crippen molar-refractivity contribution in [1.82, 2.24) is 9.88 Å². The van der Waals surface area contributed by atoms with Crippen molar-refractivity contribution in [3.63, 3.8) is 0 Å². The van der Waals surface area contributed by atoms with Crippen molar-refractivity contribution >= 4 is 40.7 Å². The maximum absolute atomic E-state index is 12.6. The van der Waals surface area contributed by atoms with E-state index in [0.29, 0.717) is 18.7 Å². The highest BCUT2D eigenvalue weighted by Crippen LogP contribution is 2.30. The predicted octanol–water partition coefficient (Wildman–Crippen LogP) is 3.95. The first-order valence-corrected chi connectivity index (χ1v) is 10.2. The Labute approximate surface area is 181 Å². The van der Waals surface area contributed by atoms with E-state index in [1.165, 1.54) is 6.08 Å². The van der Waals surface area contributed by atoms with Gasteiger partial charge in [-0.05, 0) is 55.2 Å². The maximum Gasteiger partial charge on any atom is 0.246 e. The number of fused-ring (bicyclic) bond motifs is 1. The van der Waals surface area contributed by atoms with Gasteiger partial charge in [-0.1, -0.05) is 6.07 Å². The lowest BCUT2D eigenvalue weighted by molar-refractivity contribution is -0.125. The number of rotatable bonds is 9. The molecule has 0 aliphatic rings. The summed E-state index contributed by atoms with van der Waals surface area (Å²) in [6.45, 7) is 2.30. The zero-order valence-corrected chi connectivity index (χ0v) is 18.1. The molecule has 162 valence electrons. The number of furan rings is 1. The summed E-state index contributed by atoms with van der Waals surface area (Å²) in [5.74, 6) is 1.36. The van der Waals surface area contributed by atoms with Crippen molar-refractivity contribution in [1.29, 1.82) is 0 Å². The molecule has 3 N–H and O–H groups in total. The third-order valence-electron chi connectivity index (χ3n) is 5.25. The Balaban J connectivity index is 1.71. The first-order chi connectivity index (χ1) is 14.9. The summed E-state index contributed by atoms with van der Waals surface area (Å²) in [6, 6.07) is 7.55. The molecule has 3 aromatic rings. The number of unbranched alkanes of at least 4 members (excludes halogenated alkanes) is 1. The topological polar surface area (TPSA) is 101 Å². The van der Waals surface area contributed by atoms with E-state index in [0.717, 1.165) is 58.4 Å². The Morgan fingerprint density at radius 3 is 2.87 bits per heavy atom. The first kappa shape index (κ1) is 22.1. The van der Waals surface area contributed by atoms with E-state index in [2.05, 4.69) is 10.3 Å². The molecular weight excluding hydrogens is 392 g/mol. The highest BCUT2D eigenvalue weighted by atomic mass is 16.3. The molecule has 7 heteroatoms. The van der Waals surface area contributed by atoms with E-state index in [1.807, 2.05) is 38.2 Å². The Kier molecular flexibility index (Phi) is 7.07. The second kappa shape index (κ2) is 9.93. The van der Waals surface area contributed by atoms with Crippen LogP contribution < -0.4 is 11.1 Å². The van der Waals surface area contributed by atoms with Crippen molar-refractivity contribution < 1.29 is 14.0 Å². The fourth-order valence-corrected chi connectivity index (χ4v) is 3.53. The number of hydrogen-bond donors (Lipinski definition) is 2. The number of aromatic nitrogens is 1. The van der Waals surface area contributed by atoms with Crippen LogP contribution in [0.25, 0.3) is 17.0 Å². The van der Waals surface area contributed by atoms with Gasteiger partial charge in [0.15, 0.2) is 0 Å². The fraction of sp³-hybridized carbons (Fsp3) is 0.292. The summed E-state index contributed by atoms with van der Waals surface area (Å²) in [7, 11) is 3.54. The summed E-state index contributed by atoms with van der Waals surface area (Å²) >= 11 is 0. The average molecular weight is 421 g/mol. The van der Waals surface area contributed by atoms with E-state index in [-0.39, 0.29) is 5.91 Å². The number of anilines is 2. The van der Waals surface area contributed by atoms with E-state index < -0.39 is 0 Å². The maximum atomic E-state index is 12.6. The molecule has 1 aromatic carbocycles. The number of nitrogens with two attached hydrogens (primary N) is 1. The molecule has 0 spiro atoms. The summed E-state index contributed by atoms with van der Waals surface area (Å²) in [5.41, 5.74) is 10.2. The number of hydrogen-bond acceptors (Lipinski definition) is 6. The molecule has 0 saturated carbocycles. The number of amides is 1. The van der Waals surface area contributed by atoms with Gasteiger partial charge in [0.1, 0.15) is 23.4 Å². The molecule has 1 amide bonds. The van der Waals surface area contributed by atoms with Crippen LogP contribution >= 0.6 is 0 Å². The number of aldehydes is 1.